The number of hydrogen-bond acceptors (Lipinski definition) is 4. The van der Waals surface area contributed by atoms with Crippen molar-refractivity contribution < 1.29 is 17.7 Å². The van der Waals surface area contributed by atoms with Crippen molar-refractivity contribution in [3.05, 3.63) is 65.2 Å². The molecular formula is C16H16O4S. The van der Waals surface area contributed by atoms with Gasteiger partial charge in [-0.05, 0) is 30.2 Å². The van der Waals surface area contributed by atoms with Crippen molar-refractivity contribution in [1.82, 2.24) is 0 Å². The molecule has 110 valence electrons. The summed E-state index contributed by atoms with van der Waals surface area (Å²) in [6, 6.07) is 13.8. The van der Waals surface area contributed by atoms with Crippen molar-refractivity contribution in [1.29, 1.82) is 0 Å². The molecule has 2 aromatic carbocycles. The molecule has 1 aliphatic carbocycles. The van der Waals surface area contributed by atoms with E-state index >= 15 is 0 Å². The van der Waals surface area contributed by atoms with Crippen LogP contribution in [0.3, 0.4) is 0 Å². The van der Waals surface area contributed by atoms with Gasteiger partial charge in [0.2, 0.25) is 0 Å². The zero-order valence-electron chi connectivity index (χ0n) is 11.6. The van der Waals surface area contributed by atoms with E-state index < -0.39 is 22.3 Å². The molecule has 1 aliphatic rings. The Hall–Kier alpha value is -1.69. The third-order valence-electron chi connectivity index (χ3n) is 3.71. The Balaban J connectivity index is 1.83. The number of aliphatic hydroxyl groups is 1. The summed E-state index contributed by atoms with van der Waals surface area (Å²) in [6.07, 6.45) is -1.29. The van der Waals surface area contributed by atoms with Gasteiger partial charge in [0, 0.05) is 6.42 Å². The summed E-state index contributed by atoms with van der Waals surface area (Å²) in [5.74, 6) is 0. The lowest BCUT2D eigenvalue weighted by atomic mass is 10.1. The minimum atomic E-state index is -3.87. The molecule has 5 heteroatoms. The van der Waals surface area contributed by atoms with E-state index in [0.29, 0.717) is 6.42 Å². The molecule has 2 atom stereocenters. The van der Waals surface area contributed by atoms with Crippen LogP contribution in [0.25, 0.3) is 0 Å². The minimum absolute atomic E-state index is 0.108. The average Bonchev–Trinajstić information content (AvgIpc) is 2.76. The number of aliphatic hydroxyl groups excluding tert-OH is 1. The van der Waals surface area contributed by atoms with Gasteiger partial charge in [-0.25, -0.2) is 0 Å². The van der Waals surface area contributed by atoms with Crippen molar-refractivity contribution in [2.24, 2.45) is 0 Å². The Labute approximate surface area is 124 Å². The van der Waals surface area contributed by atoms with Gasteiger partial charge in [-0.15, -0.1) is 0 Å². The fourth-order valence-corrected chi connectivity index (χ4v) is 3.63. The normalized spacial score (nSPS) is 21.2. The molecule has 2 aromatic rings. The van der Waals surface area contributed by atoms with E-state index in [0.717, 1.165) is 16.7 Å². The second kappa shape index (κ2) is 5.26. The van der Waals surface area contributed by atoms with E-state index in [1.54, 1.807) is 18.2 Å². The highest BCUT2D eigenvalue weighted by Crippen LogP contribution is 2.34. The molecular weight excluding hydrogens is 288 g/mol. The quantitative estimate of drug-likeness (QED) is 0.884. The molecule has 0 bridgehead atoms. The minimum Gasteiger partial charge on any atom is -0.386 e. The Morgan fingerprint density at radius 1 is 1.10 bits per heavy atom. The van der Waals surface area contributed by atoms with Gasteiger partial charge in [0.05, 0.1) is 4.90 Å². The Morgan fingerprint density at radius 2 is 1.76 bits per heavy atom. The largest absolute Gasteiger partial charge is 0.386 e. The molecule has 21 heavy (non-hydrogen) atoms. The van der Waals surface area contributed by atoms with Gasteiger partial charge in [-0.3, -0.25) is 4.18 Å². The smallest absolute Gasteiger partial charge is 0.297 e. The second-order valence-corrected chi connectivity index (χ2v) is 6.82. The predicted octanol–water partition coefficient (Wildman–Crippen LogP) is 2.36. The van der Waals surface area contributed by atoms with Crippen molar-refractivity contribution in [3.8, 4) is 0 Å². The lowest BCUT2D eigenvalue weighted by Crippen LogP contribution is -2.22. The number of hydrogen-bond donors (Lipinski definition) is 1. The predicted molar refractivity (Wildman–Crippen MR) is 78.3 cm³/mol. The highest BCUT2D eigenvalue weighted by Gasteiger charge is 2.35. The van der Waals surface area contributed by atoms with Crippen LogP contribution < -0.4 is 0 Å². The highest BCUT2D eigenvalue weighted by atomic mass is 32.2. The third-order valence-corrected chi connectivity index (χ3v) is 5.06. The van der Waals surface area contributed by atoms with Crippen molar-refractivity contribution in [2.45, 2.75) is 30.4 Å². The van der Waals surface area contributed by atoms with Crippen molar-refractivity contribution in [2.75, 3.05) is 0 Å². The van der Waals surface area contributed by atoms with Crippen LogP contribution in [0.4, 0.5) is 0 Å². The second-order valence-electron chi connectivity index (χ2n) is 5.25. The van der Waals surface area contributed by atoms with E-state index in [1.807, 2.05) is 25.1 Å². The summed E-state index contributed by atoms with van der Waals surface area (Å²) in [7, 11) is -3.87. The molecule has 0 amide bonds. The number of benzene rings is 2. The van der Waals surface area contributed by atoms with E-state index in [4.69, 9.17) is 4.18 Å². The van der Waals surface area contributed by atoms with Crippen LogP contribution in [0.2, 0.25) is 0 Å². The summed E-state index contributed by atoms with van der Waals surface area (Å²) in [5.41, 5.74) is 2.64. The number of aryl methyl sites for hydroxylation is 1. The van der Waals surface area contributed by atoms with E-state index in [2.05, 4.69) is 0 Å². The van der Waals surface area contributed by atoms with Crippen LogP contribution in [-0.2, 0) is 20.7 Å². The molecule has 1 N–H and O–H groups in total. The molecule has 0 aliphatic heterocycles. The molecule has 0 saturated carbocycles. The van der Waals surface area contributed by atoms with Gasteiger partial charge in [0.15, 0.2) is 0 Å². The van der Waals surface area contributed by atoms with E-state index in [-0.39, 0.29) is 4.90 Å². The fraction of sp³-hybridized carbons (Fsp3) is 0.250. The van der Waals surface area contributed by atoms with Crippen LogP contribution in [0.15, 0.2) is 53.4 Å². The Kier molecular flexibility index (Phi) is 3.57. The zero-order valence-corrected chi connectivity index (χ0v) is 12.4. The highest BCUT2D eigenvalue weighted by molar-refractivity contribution is 7.86. The van der Waals surface area contributed by atoms with Crippen molar-refractivity contribution in [3.63, 3.8) is 0 Å². The topological polar surface area (TPSA) is 63.6 Å². The summed E-state index contributed by atoms with van der Waals surface area (Å²) >= 11 is 0. The first-order chi connectivity index (χ1) is 9.97. The van der Waals surface area contributed by atoms with Gasteiger partial charge in [-0.1, -0.05) is 42.0 Å². The summed E-state index contributed by atoms with van der Waals surface area (Å²) in [5, 5.41) is 10.2. The summed E-state index contributed by atoms with van der Waals surface area (Å²) in [6.45, 7) is 1.88. The lowest BCUT2D eigenvalue weighted by molar-refractivity contribution is 0.0535. The summed E-state index contributed by atoms with van der Waals surface area (Å²) in [4.78, 5) is 0.108. The Bertz CT molecular complexity index is 750. The molecule has 0 aromatic heterocycles. The van der Waals surface area contributed by atoms with Gasteiger partial charge in [0.25, 0.3) is 10.1 Å². The lowest BCUT2D eigenvalue weighted by Gasteiger charge is -2.16. The first-order valence-corrected chi connectivity index (χ1v) is 8.14. The van der Waals surface area contributed by atoms with Crippen LogP contribution in [0.1, 0.15) is 22.8 Å². The molecule has 3 rings (SSSR count). The van der Waals surface area contributed by atoms with Gasteiger partial charge in [0.1, 0.15) is 12.2 Å². The summed E-state index contributed by atoms with van der Waals surface area (Å²) < 4.78 is 29.8. The zero-order chi connectivity index (χ0) is 15.0. The third kappa shape index (κ3) is 2.72. The molecule has 0 heterocycles. The van der Waals surface area contributed by atoms with Crippen LogP contribution >= 0.6 is 0 Å². The molecule has 0 unspecified atom stereocenters. The first-order valence-electron chi connectivity index (χ1n) is 6.73. The standard InChI is InChI=1S/C16H16O4S/c1-11-6-8-13(9-7-11)21(18,19)20-15-10-12-4-2-3-5-14(12)16(15)17/h2-9,15-17H,10H2,1H3/t15-,16-/m0/s1. The van der Waals surface area contributed by atoms with Gasteiger partial charge in [-0.2, -0.15) is 8.42 Å². The number of rotatable bonds is 3. The van der Waals surface area contributed by atoms with Crippen LogP contribution in [-0.4, -0.2) is 19.6 Å². The van der Waals surface area contributed by atoms with E-state index in [1.165, 1.54) is 12.1 Å². The Morgan fingerprint density at radius 3 is 2.43 bits per heavy atom. The molecule has 0 fully saturated rings. The van der Waals surface area contributed by atoms with Crippen LogP contribution in [0.5, 0.6) is 0 Å². The SMILES string of the molecule is Cc1ccc(S(=O)(=O)O[C@H]2Cc3ccccc3[C@@H]2O)cc1. The average molecular weight is 304 g/mol. The van der Waals surface area contributed by atoms with Crippen LogP contribution in [0, 0.1) is 6.92 Å². The van der Waals surface area contributed by atoms with Gasteiger partial charge < -0.3 is 5.11 Å². The molecule has 0 saturated heterocycles. The maximum absolute atomic E-state index is 12.3. The monoisotopic (exact) mass is 304 g/mol. The number of fused-ring (bicyclic) bond motifs is 1. The fourth-order valence-electron chi connectivity index (χ4n) is 2.55. The molecule has 0 spiro atoms. The maximum Gasteiger partial charge on any atom is 0.297 e. The first kappa shape index (κ1) is 14.3. The van der Waals surface area contributed by atoms with E-state index in [9.17, 15) is 13.5 Å². The molecule has 4 nitrogen and oxygen atoms in total. The van der Waals surface area contributed by atoms with Crippen molar-refractivity contribution >= 4 is 10.1 Å². The molecule has 0 radical (unpaired) electrons. The van der Waals surface area contributed by atoms with Gasteiger partial charge >= 0.3 is 0 Å². The maximum atomic E-state index is 12.3.